The number of anilines is 6. The summed E-state index contributed by atoms with van der Waals surface area (Å²) in [5.74, 6) is -7.17. The van der Waals surface area contributed by atoms with Gasteiger partial charge >= 0.3 is 36.4 Å². The minimum absolute atomic E-state index is 0.0215. The van der Waals surface area contributed by atoms with E-state index in [9.17, 15) is 49.6 Å². The number of halogens is 11. The van der Waals surface area contributed by atoms with E-state index in [1.165, 1.54) is 6.20 Å². The predicted molar refractivity (Wildman–Crippen MR) is 205 cm³/mol. The van der Waals surface area contributed by atoms with Crippen LogP contribution in [0.3, 0.4) is 0 Å². The lowest BCUT2D eigenvalue weighted by Crippen LogP contribution is -2.35. The van der Waals surface area contributed by atoms with E-state index in [1.54, 1.807) is 18.6 Å². The van der Waals surface area contributed by atoms with E-state index in [2.05, 4.69) is 46.9 Å². The average Bonchev–Trinajstić information content (AvgIpc) is 3.19. The van der Waals surface area contributed by atoms with Crippen LogP contribution in [0.15, 0.2) is 55.2 Å². The molecule has 0 atom stereocenters. The highest BCUT2D eigenvalue weighted by molar-refractivity contribution is 6.33. The minimum atomic E-state index is -5.08. The van der Waals surface area contributed by atoms with E-state index in [0.717, 1.165) is 66.2 Å². The van der Waals surface area contributed by atoms with Crippen molar-refractivity contribution in [1.82, 2.24) is 19.9 Å². The van der Waals surface area contributed by atoms with E-state index in [-0.39, 0.29) is 11.8 Å². The van der Waals surface area contributed by atoms with Crippen LogP contribution in [0.4, 0.5) is 74.0 Å². The van der Waals surface area contributed by atoms with Crippen LogP contribution in [-0.4, -0.2) is 90.7 Å². The summed E-state index contributed by atoms with van der Waals surface area (Å²) in [5, 5.41) is 41.3. The summed E-state index contributed by atoms with van der Waals surface area (Å²) in [4.78, 5) is 59.3. The van der Waals surface area contributed by atoms with Gasteiger partial charge in [0, 0.05) is 43.3 Å². The van der Waals surface area contributed by atoms with E-state index in [0.29, 0.717) is 40.2 Å². The Labute approximate surface area is 358 Å². The first-order chi connectivity index (χ1) is 29.3. The number of carboxylic acids is 3. The van der Waals surface area contributed by atoms with Crippen molar-refractivity contribution in [2.45, 2.75) is 50.6 Å². The molecule has 0 radical (unpaired) electrons. The normalized spacial score (nSPS) is 13.6. The monoisotopic (exact) mass is 941 g/mol. The van der Waals surface area contributed by atoms with Gasteiger partial charge in [0.1, 0.15) is 11.1 Å². The number of carbonyl (C=O) groups is 4. The quantitative estimate of drug-likeness (QED) is 0.106. The molecule has 5 heterocycles. The van der Waals surface area contributed by atoms with Gasteiger partial charge in [-0.25, -0.2) is 19.4 Å². The number of carboxylic acid groups (broad SMARTS) is 3. The highest BCUT2D eigenvalue weighted by atomic mass is 35.5. The number of pyridine rings is 2. The lowest BCUT2D eigenvalue weighted by atomic mass is 9.92. The molecule has 2 aliphatic rings. The number of amides is 1. The summed E-state index contributed by atoms with van der Waals surface area (Å²) in [5.41, 5.74) is 5.58. The van der Waals surface area contributed by atoms with Crippen LogP contribution in [0.5, 0.6) is 0 Å². The average molecular weight is 943 g/mol. The van der Waals surface area contributed by atoms with Crippen LogP contribution in [0.1, 0.15) is 36.0 Å². The van der Waals surface area contributed by atoms with Gasteiger partial charge in [0.05, 0.1) is 40.6 Å². The summed E-state index contributed by atoms with van der Waals surface area (Å²) < 4.78 is 95.2. The number of hydrogen-bond acceptors (Lipinski definition) is 12. The molecule has 27 heteroatoms. The Kier molecular flexibility index (Phi) is 17.6. The highest BCUT2D eigenvalue weighted by Gasteiger charge is 2.39. The molecular weight excluding hydrogens is 912 g/mol. The van der Waals surface area contributed by atoms with E-state index in [1.807, 2.05) is 30.5 Å². The Balaban J connectivity index is 0.000000416. The molecule has 6 N–H and O–H groups in total. The lowest BCUT2D eigenvalue weighted by Gasteiger charge is -2.33. The zero-order valence-corrected chi connectivity index (χ0v) is 33.1. The molecule has 16 nitrogen and oxygen atoms in total. The number of benzene rings is 1. The number of hydrogen-bond donors (Lipinski definition) is 6. The number of rotatable bonds is 4. The summed E-state index contributed by atoms with van der Waals surface area (Å²) in [6.07, 6.45) is -3.46. The third kappa shape index (κ3) is 16.3. The summed E-state index contributed by atoms with van der Waals surface area (Å²) in [6.45, 7) is 1.46. The molecule has 2 aliphatic heterocycles. The Morgan fingerprint density at radius 1 is 0.778 bits per heavy atom. The molecule has 3 aromatic heterocycles. The first kappa shape index (κ1) is 50.7. The maximum Gasteiger partial charge on any atom is 0.490 e. The van der Waals surface area contributed by atoms with Gasteiger partial charge in [-0.05, 0) is 67.0 Å². The largest absolute Gasteiger partial charge is 0.490 e. The van der Waals surface area contributed by atoms with Gasteiger partial charge in [0.2, 0.25) is 11.9 Å². The molecule has 63 heavy (non-hydrogen) atoms. The van der Waals surface area contributed by atoms with Gasteiger partial charge in [-0.2, -0.15) is 49.8 Å². The molecule has 0 spiro atoms. The van der Waals surface area contributed by atoms with Gasteiger partial charge in [-0.1, -0.05) is 23.2 Å². The van der Waals surface area contributed by atoms with Crippen molar-refractivity contribution >= 4 is 81.5 Å². The Morgan fingerprint density at radius 3 is 1.90 bits per heavy atom. The number of aryl methyl sites for hydroxylation is 2. The second-order valence-corrected chi connectivity index (χ2v) is 13.6. The van der Waals surface area contributed by atoms with Crippen molar-refractivity contribution in [2.24, 2.45) is 5.92 Å². The number of piperidine rings is 1. The second kappa shape index (κ2) is 21.9. The number of aliphatic carboxylic acids is 3. The zero-order chi connectivity index (χ0) is 47.3. The van der Waals surface area contributed by atoms with E-state index >= 15 is 0 Å². The van der Waals surface area contributed by atoms with Gasteiger partial charge in [0.15, 0.2) is 5.82 Å². The number of nitrogens with one attached hydrogen (secondary N) is 3. The van der Waals surface area contributed by atoms with Gasteiger partial charge in [0.25, 0.3) is 0 Å². The van der Waals surface area contributed by atoms with E-state index < -0.39 is 36.4 Å². The maximum atomic E-state index is 13.2. The Hall–Kier alpha value is -6.68. The first-order valence-corrected chi connectivity index (χ1v) is 18.2. The molecule has 338 valence electrons. The van der Waals surface area contributed by atoms with Crippen molar-refractivity contribution in [3.05, 3.63) is 82.0 Å². The Bertz CT molecular complexity index is 2270. The molecule has 4 aromatic rings. The Morgan fingerprint density at radius 2 is 1.35 bits per heavy atom. The summed E-state index contributed by atoms with van der Waals surface area (Å²) in [7, 11) is 0. The molecular formula is C36H30Cl2F9N9O7. The molecule has 1 saturated heterocycles. The van der Waals surface area contributed by atoms with Crippen LogP contribution in [0.25, 0.3) is 0 Å². The fourth-order valence-electron chi connectivity index (χ4n) is 5.37. The fraction of sp³-hybridized carbons (Fsp3) is 0.306. The van der Waals surface area contributed by atoms with Crippen LogP contribution >= 0.6 is 23.2 Å². The van der Waals surface area contributed by atoms with Crippen molar-refractivity contribution in [3.8, 4) is 6.07 Å². The zero-order valence-electron chi connectivity index (χ0n) is 31.5. The fourth-order valence-corrected chi connectivity index (χ4v) is 5.70. The topological polar surface area (TPSA) is 244 Å². The van der Waals surface area contributed by atoms with Crippen LogP contribution in [-0.2, 0) is 32.0 Å². The lowest BCUT2D eigenvalue weighted by molar-refractivity contribution is -0.193. The second-order valence-electron chi connectivity index (χ2n) is 12.8. The van der Waals surface area contributed by atoms with Gasteiger partial charge in [-0.15, -0.1) is 0 Å². The molecule has 0 saturated carbocycles. The standard InChI is InChI=1S/C30H27Cl2N9O.3C2HF3O2/c31-24-15-35-17-27(23(24)12-33)41-7-5-18(6-8-41)10-28(42)39-26-4-3-21-11-20(26)2-1-19-9-22(14-34-13-19)38-30-36-16-25(32)29(37-21)40-30;3*3-2(4,5)1(6)7/h3-4,9,11,13-18H,1-2,5-8,10H2,(H,39,42)(H2,36,37,38,40);3*(H,6,7). The maximum absolute atomic E-state index is 13.2. The number of nitrogens with zero attached hydrogens (tertiary/aromatic N) is 6. The number of nitriles is 1. The van der Waals surface area contributed by atoms with Gasteiger partial charge < -0.3 is 36.2 Å². The van der Waals surface area contributed by atoms with Crippen LogP contribution < -0.4 is 20.9 Å². The van der Waals surface area contributed by atoms with Crippen molar-refractivity contribution in [3.63, 3.8) is 0 Å². The summed E-state index contributed by atoms with van der Waals surface area (Å²) in [6, 6.07) is 10.0. The van der Waals surface area contributed by atoms with Crippen molar-refractivity contribution < 1.29 is 74.0 Å². The third-order valence-electron chi connectivity index (χ3n) is 8.27. The predicted octanol–water partition coefficient (Wildman–Crippen LogP) is 8.18. The van der Waals surface area contributed by atoms with E-state index in [4.69, 9.17) is 52.9 Å². The molecule has 1 fully saturated rings. The summed E-state index contributed by atoms with van der Waals surface area (Å²) >= 11 is 12.6. The number of aromatic nitrogens is 4. The van der Waals surface area contributed by atoms with Crippen LogP contribution in [0.2, 0.25) is 10.0 Å². The molecule has 0 unspecified atom stereocenters. The third-order valence-corrected chi connectivity index (χ3v) is 8.83. The van der Waals surface area contributed by atoms with Gasteiger partial charge in [-0.3, -0.25) is 14.8 Å². The molecule has 1 amide bonds. The van der Waals surface area contributed by atoms with Crippen molar-refractivity contribution in [2.75, 3.05) is 33.9 Å². The molecule has 6 bridgehead atoms. The smallest absolute Gasteiger partial charge is 0.475 e. The number of carbonyl (C=O) groups excluding carboxylic acids is 1. The number of alkyl halides is 9. The first-order valence-electron chi connectivity index (χ1n) is 17.4. The van der Waals surface area contributed by atoms with Crippen LogP contribution in [0, 0.1) is 17.2 Å². The van der Waals surface area contributed by atoms with Crippen molar-refractivity contribution in [1.29, 1.82) is 5.26 Å². The number of fused-ring (bicyclic) bond motifs is 6. The SMILES string of the molecule is N#Cc1c(Cl)cncc1N1CCC(CC(=O)Nc2ccc3cc2CCc2cncc(c2)Nc2ncc(Cl)c(n2)N3)CC1.O=C(O)C(F)(F)F.O=C(O)C(F)(F)F.O=C(O)C(F)(F)F. The minimum Gasteiger partial charge on any atom is -0.475 e. The molecule has 0 aliphatic carbocycles. The molecule has 6 rings (SSSR count). The molecule has 1 aromatic carbocycles. The highest BCUT2D eigenvalue weighted by Crippen LogP contribution is 2.32.